The van der Waals surface area contributed by atoms with Crippen molar-refractivity contribution in [2.45, 2.75) is 114 Å². The van der Waals surface area contributed by atoms with E-state index in [0.717, 1.165) is 76.9 Å². The maximum atomic E-state index is 12.2. The number of carbonyl (C=O) groups is 1. The van der Waals surface area contributed by atoms with E-state index in [9.17, 15) is 9.90 Å². The van der Waals surface area contributed by atoms with Gasteiger partial charge < -0.3 is 9.52 Å². The van der Waals surface area contributed by atoms with Crippen LogP contribution in [0.15, 0.2) is 77.3 Å². The van der Waals surface area contributed by atoms with E-state index in [2.05, 4.69) is 92.0 Å². The molecule has 5 aromatic rings. The van der Waals surface area contributed by atoms with Gasteiger partial charge in [0, 0.05) is 60.7 Å². The van der Waals surface area contributed by atoms with Crippen LogP contribution in [0.3, 0.4) is 0 Å². The minimum atomic E-state index is -0.337. The molecule has 0 aliphatic carbocycles. The van der Waals surface area contributed by atoms with Crippen molar-refractivity contribution in [3.8, 4) is 22.6 Å². The Labute approximate surface area is 319 Å². The van der Waals surface area contributed by atoms with Crippen molar-refractivity contribution in [2.24, 2.45) is 16.7 Å². The van der Waals surface area contributed by atoms with Gasteiger partial charge in [0.1, 0.15) is 23.5 Å². The van der Waals surface area contributed by atoms with Crippen molar-refractivity contribution in [2.75, 3.05) is 0 Å². The summed E-state index contributed by atoms with van der Waals surface area (Å²) in [5.74, 6) is 1.78. The topological polar surface area (TPSA) is 89.1 Å². The SMILES string of the molecule is CC(C)Cc1cc2ccnc(-c3cc(-c4[c-]c5ccccc5c(C(C)(C)C)c4)ncn3)c2o1.CCC(C)(CC)C(=O)/C=C(\O)C(C)(CC)CC.[Ir]. The number of nitrogens with zero attached hydrogens (tertiary/aromatic N) is 3. The van der Waals surface area contributed by atoms with E-state index in [0.29, 0.717) is 5.92 Å². The fourth-order valence-corrected chi connectivity index (χ4v) is 6.01. The number of aliphatic hydroxyl groups excluding tert-OH is 1. The Kier molecular flexibility index (Phi) is 14.1. The molecule has 5 rings (SSSR count). The van der Waals surface area contributed by atoms with Gasteiger partial charge in [-0.15, -0.1) is 29.1 Å². The van der Waals surface area contributed by atoms with Crippen LogP contribution in [-0.4, -0.2) is 25.8 Å². The number of carbonyl (C=O) groups excluding carboxylic acids is 1. The summed E-state index contributed by atoms with van der Waals surface area (Å²) in [5.41, 5.74) is 4.70. The molecule has 1 N–H and O–H groups in total. The predicted molar refractivity (Wildman–Crippen MR) is 207 cm³/mol. The minimum absolute atomic E-state index is 0. The van der Waals surface area contributed by atoms with Gasteiger partial charge in [-0.1, -0.05) is 105 Å². The third-order valence-electron chi connectivity index (χ3n) is 10.5. The van der Waals surface area contributed by atoms with Gasteiger partial charge in [-0.3, -0.25) is 14.8 Å². The van der Waals surface area contributed by atoms with Gasteiger partial charge in [-0.2, -0.15) is 0 Å². The van der Waals surface area contributed by atoms with Crippen molar-refractivity contribution in [1.29, 1.82) is 0 Å². The standard InChI is InChI=1S/C29H28N3O.C15H28O2.Ir/c1-18(2)12-22-14-20-10-11-30-27(28(20)33-22)26-16-25(31-17-32-26)21-13-19-8-6-7-9-23(19)24(15-21)29(3,4)5;1-7-14(5,8-2)12(16)11-13(17)15(6,9-3)10-4;/h6-11,14-18H,12H2,1-5H3;11,16H,7-10H2,1-6H3;/q-1;;/b;12-11-;. The molecule has 7 heteroatoms. The molecule has 0 saturated heterocycles. The first-order chi connectivity index (χ1) is 23.6. The van der Waals surface area contributed by atoms with Crippen LogP contribution in [0, 0.1) is 22.8 Å². The van der Waals surface area contributed by atoms with Crippen LogP contribution in [0.4, 0.5) is 0 Å². The number of ketones is 1. The van der Waals surface area contributed by atoms with Crippen LogP contribution >= 0.6 is 0 Å². The molecule has 3 heterocycles. The minimum Gasteiger partial charge on any atom is -0.512 e. The number of pyridine rings is 1. The molecule has 1 radical (unpaired) electrons. The summed E-state index contributed by atoms with van der Waals surface area (Å²) >= 11 is 0. The molecule has 0 aliphatic heterocycles. The molecule has 2 aromatic carbocycles. The van der Waals surface area contributed by atoms with Gasteiger partial charge in [-0.05, 0) is 55.2 Å². The second-order valence-corrected chi connectivity index (χ2v) is 15.5. The number of fused-ring (bicyclic) bond motifs is 2. The Morgan fingerprint density at radius 1 is 0.863 bits per heavy atom. The third-order valence-corrected chi connectivity index (χ3v) is 10.5. The first-order valence-electron chi connectivity index (χ1n) is 18.2. The molecule has 0 fully saturated rings. The number of hydrogen-bond acceptors (Lipinski definition) is 6. The van der Waals surface area contributed by atoms with E-state index in [1.165, 1.54) is 17.0 Å². The number of aromatic nitrogens is 3. The normalized spacial score (nSPS) is 12.5. The summed E-state index contributed by atoms with van der Waals surface area (Å²) in [4.78, 5) is 25.9. The Bertz CT molecular complexity index is 1960. The van der Waals surface area contributed by atoms with Crippen molar-refractivity contribution >= 4 is 27.5 Å². The fourth-order valence-electron chi connectivity index (χ4n) is 6.01. The molecule has 3 aromatic heterocycles. The van der Waals surface area contributed by atoms with Gasteiger partial charge in [-0.25, -0.2) is 4.98 Å². The Hall–Kier alpha value is -3.67. The van der Waals surface area contributed by atoms with Crippen molar-refractivity contribution in [1.82, 2.24) is 15.0 Å². The molecule has 0 saturated carbocycles. The average Bonchev–Trinajstić information content (AvgIpc) is 3.52. The smallest absolute Gasteiger partial charge is 0.164 e. The molecular weight excluding hydrogens is 811 g/mol. The number of furan rings is 1. The van der Waals surface area contributed by atoms with Gasteiger partial charge >= 0.3 is 0 Å². The van der Waals surface area contributed by atoms with Gasteiger partial charge in [0.25, 0.3) is 0 Å². The number of aliphatic hydroxyl groups is 1. The Morgan fingerprint density at radius 2 is 1.49 bits per heavy atom. The zero-order valence-electron chi connectivity index (χ0n) is 32.4. The van der Waals surface area contributed by atoms with E-state index >= 15 is 0 Å². The Morgan fingerprint density at radius 3 is 2.10 bits per heavy atom. The van der Waals surface area contributed by atoms with Crippen LogP contribution in [0.1, 0.15) is 113 Å². The number of hydrogen-bond donors (Lipinski definition) is 1. The van der Waals surface area contributed by atoms with Crippen molar-refractivity contribution < 1.29 is 34.4 Å². The molecule has 0 aliphatic rings. The maximum Gasteiger partial charge on any atom is 0.164 e. The monoisotopic (exact) mass is 867 g/mol. The van der Waals surface area contributed by atoms with Crippen molar-refractivity contribution in [3.63, 3.8) is 0 Å². The van der Waals surface area contributed by atoms with Crippen LogP contribution < -0.4 is 0 Å². The van der Waals surface area contributed by atoms with Gasteiger partial charge in [0.2, 0.25) is 0 Å². The number of allylic oxidation sites excluding steroid dienone is 2. The van der Waals surface area contributed by atoms with Crippen LogP contribution in [0.2, 0.25) is 0 Å². The van der Waals surface area contributed by atoms with E-state index in [-0.39, 0.29) is 47.9 Å². The number of benzene rings is 2. The second kappa shape index (κ2) is 17.2. The van der Waals surface area contributed by atoms with E-state index in [1.54, 1.807) is 6.33 Å². The summed E-state index contributed by atoms with van der Waals surface area (Å²) in [6.07, 6.45) is 9.06. The average molecular weight is 867 g/mol. The quantitative estimate of drug-likeness (QED) is 0.0808. The molecule has 0 bridgehead atoms. The molecule has 0 spiro atoms. The maximum absolute atomic E-state index is 12.2. The molecule has 0 atom stereocenters. The third kappa shape index (κ3) is 9.61. The van der Waals surface area contributed by atoms with Gasteiger partial charge in [0.15, 0.2) is 11.4 Å². The zero-order valence-corrected chi connectivity index (χ0v) is 34.8. The molecule has 0 unspecified atom stereocenters. The molecule has 51 heavy (non-hydrogen) atoms. The van der Waals surface area contributed by atoms with Crippen LogP contribution in [-0.2, 0) is 36.7 Å². The first kappa shape index (κ1) is 41.7. The summed E-state index contributed by atoms with van der Waals surface area (Å²) in [6.45, 7) is 23.2. The second-order valence-electron chi connectivity index (χ2n) is 15.5. The largest absolute Gasteiger partial charge is 0.512 e. The fraction of sp³-hybridized carbons (Fsp3) is 0.455. The van der Waals surface area contributed by atoms with Crippen molar-refractivity contribution in [3.05, 3.63) is 90.3 Å². The van der Waals surface area contributed by atoms with Gasteiger partial charge in [0.05, 0.1) is 5.69 Å². The first-order valence-corrected chi connectivity index (χ1v) is 18.2. The predicted octanol–water partition coefficient (Wildman–Crippen LogP) is 12.0. The summed E-state index contributed by atoms with van der Waals surface area (Å²) < 4.78 is 6.20. The van der Waals surface area contributed by atoms with Crippen LogP contribution in [0.5, 0.6) is 0 Å². The van der Waals surface area contributed by atoms with Crippen LogP contribution in [0.25, 0.3) is 44.4 Å². The Balaban J connectivity index is 0.000000335. The number of rotatable bonds is 11. The van der Waals surface area contributed by atoms with E-state index in [4.69, 9.17) is 4.42 Å². The summed E-state index contributed by atoms with van der Waals surface area (Å²) in [7, 11) is 0. The summed E-state index contributed by atoms with van der Waals surface area (Å²) in [6, 6.07) is 20.3. The van der Waals surface area contributed by atoms with E-state index < -0.39 is 0 Å². The molecule has 6 nitrogen and oxygen atoms in total. The molecule has 0 amide bonds. The van der Waals surface area contributed by atoms with E-state index in [1.807, 2.05) is 59.9 Å². The molecular formula is C44H56IrN3O3-. The molecule has 275 valence electrons. The zero-order chi connectivity index (χ0) is 36.9. The summed E-state index contributed by atoms with van der Waals surface area (Å²) in [5, 5.41) is 13.5.